The molecule has 1 aromatic rings. The second-order valence-electron chi connectivity index (χ2n) is 5.86. The monoisotopic (exact) mass is 362 g/mol. The summed E-state index contributed by atoms with van der Waals surface area (Å²) in [7, 11) is 1.45. The molecule has 1 atom stereocenters. The molecule has 0 aromatic heterocycles. The van der Waals surface area contributed by atoms with Crippen LogP contribution in [0.2, 0.25) is 0 Å². The van der Waals surface area contributed by atoms with E-state index in [1.807, 2.05) is 0 Å². The number of amides is 2. The minimum Gasteiger partial charge on any atom is -0.493 e. The smallest absolute Gasteiger partial charge is 0.331 e. The number of hydrogen-bond acceptors (Lipinski definition) is 6. The Morgan fingerprint density at radius 1 is 1.31 bits per heavy atom. The van der Waals surface area contributed by atoms with Crippen molar-refractivity contribution in [2.45, 2.75) is 31.9 Å². The lowest BCUT2D eigenvalue weighted by molar-refractivity contribution is -0.150. The summed E-state index contributed by atoms with van der Waals surface area (Å²) < 4.78 is 15.5. The third-order valence-electron chi connectivity index (χ3n) is 3.56. The van der Waals surface area contributed by atoms with Gasteiger partial charge in [-0.15, -0.1) is 0 Å². The Labute approximate surface area is 151 Å². The van der Waals surface area contributed by atoms with Gasteiger partial charge in [0.1, 0.15) is 0 Å². The van der Waals surface area contributed by atoms with E-state index in [0.29, 0.717) is 17.1 Å². The lowest BCUT2D eigenvalue weighted by Gasteiger charge is -2.12. The fourth-order valence-electron chi connectivity index (χ4n) is 2.03. The van der Waals surface area contributed by atoms with Crippen LogP contribution in [-0.2, 0) is 19.1 Å². The quantitative estimate of drug-likeness (QED) is 0.495. The first-order chi connectivity index (χ1) is 12.4. The molecule has 1 fully saturated rings. The van der Waals surface area contributed by atoms with Crippen molar-refractivity contribution in [2.24, 2.45) is 5.73 Å². The van der Waals surface area contributed by atoms with Crippen LogP contribution >= 0.6 is 0 Å². The van der Waals surface area contributed by atoms with Crippen molar-refractivity contribution in [2.75, 3.05) is 13.7 Å². The third kappa shape index (κ3) is 6.12. The Balaban J connectivity index is 1.92. The highest BCUT2D eigenvalue weighted by molar-refractivity contribution is 5.90. The molecular formula is C18H22N2O6. The van der Waals surface area contributed by atoms with Crippen LogP contribution in [0, 0.1) is 0 Å². The van der Waals surface area contributed by atoms with Crippen LogP contribution < -0.4 is 20.5 Å². The number of esters is 1. The largest absolute Gasteiger partial charge is 0.493 e. The molecule has 8 nitrogen and oxygen atoms in total. The molecule has 0 aliphatic heterocycles. The van der Waals surface area contributed by atoms with Gasteiger partial charge < -0.3 is 25.3 Å². The van der Waals surface area contributed by atoms with E-state index in [1.54, 1.807) is 18.2 Å². The molecule has 1 unspecified atom stereocenters. The zero-order valence-electron chi connectivity index (χ0n) is 14.7. The Morgan fingerprint density at radius 3 is 2.65 bits per heavy atom. The highest BCUT2D eigenvalue weighted by Gasteiger charge is 2.26. The predicted octanol–water partition coefficient (Wildman–Crippen LogP) is 0.783. The van der Waals surface area contributed by atoms with Crippen LogP contribution in [0.25, 0.3) is 6.08 Å². The third-order valence-corrected chi connectivity index (χ3v) is 3.56. The number of nitrogens with one attached hydrogen (secondary N) is 1. The van der Waals surface area contributed by atoms with Crippen molar-refractivity contribution < 1.29 is 28.6 Å². The summed E-state index contributed by atoms with van der Waals surface area (Å²) >= 11 is 0. The number of primary amides is 1. The summed E-state index contributed by atoms with van der Waals surface area (Å²) in [6, 6.07) is 5.11. The summed E-state index contributed by atoms with van der Waals surface area (Å²) in [6.07, 6.45) is 3.82. The maximum Gasteiger partial charge on any atom is 0.331 e. The zero-order valence-corrected chi connectivity index (χ0v) is 14.7. The van der Waals surface area contributed by atoms with Gasteiger partial charge in [0.2, 0.25) is 0 Å². The minimum atomic E-state index is -0.855. The normalized spacial score (nSPS) is 14.5. The van der Waals surface area contributed by atoms with Crippen LogP contribution in [0.15, 0.2) is 24.3 Å². The SMILES string of the molecule is COc1cc(/C=C/C(=O)OC(C)C(=O)NC2CC2)ccc1OCC(N)=O. The number of rotatable bonds is 9. The molecule has 0 spiro atoms. The maximum absolute atomic E-state index is 11.8. The van der Waals surface area contributed by atoms with Gasteiger partial charge in [-0.2, -0.15) is 0 Å². The van der Waals surface area contributed by atoms with Gasteiger partial charge in [0.05, 0.1) is 7.11 Å². The van der Waals surface area contributed by atoms with Crippen molar-refractivity contribution in [1.29, 1.82) is 0 Å². The number of methoxy groups -OCH3 is 1. The van der Waals surface area contributed by atoms with Crippen LogP contribution in [0.1, 0.15) is 25.3 Å². The van der Waals surface area contributed by atoms with Crippen molar-refractivity contribution >= 4 is 23.9 Å². The highest BCUT2D eigenvalue weighted by Crippen LogP contribution is 2.28. The number of ether oxygens (including phenoxy) is 3. The molecule has 26 heavy (non-hydrogen) atoms. The highest BCUT2D eigenvalue weighted by atomic mass is 16.5. The molecule has 1 aliphatic carbocycles. The summed E-state index contributed by atoms with van der Waals surface area (Å²) in [6.45, 7) is 1.26. The predicted molar refractivity (Wildman–Crippen MR) is 93.4 cm³/mol. The van der Waals surface area contributed by atoms with Crippen molar-refractivity contribution in [3.63, 3.8) is 0 Å². The lowest BCUT2D eigenvalue weighted by atomic mass is 10.2. The van der Waals surface area contributed by atoms with Gasteiger partial charge in [-0.25, -0.2) is 4.79 Å². The van der Waals surface area contributed by atoms with Gasteiger partial charge in [-0.05, 0) is 43.5 Å². The molecule has 1 aliphatic rings. The van der Waals surface area contributed by atoms with Gasteiger partial charge in [0, 0.05) is 12.1 Å². The Bertz CT molecular complexity index is 712. The average Bonchev–Trinajstić information content (AvgIpc) is 3.42. The van der Waals surface area contributed by atoms with E-state index in [1.165, 1.54) is 26.2 Å². The Morgan fingerprint density at radius 2 is 2.04 bits per heavy atom. The van der Waals surface area contributed by atoms with Crippen molar-refractivity contribution in [3.05, 3.63) is 29.8 Å². The summed E-state index contributed by atoms with van der Waals surface area (Å²) in [5.74, 6) is -0.780. The molecular weight excluding hydrogens is 340 g/mol. The van der Waals surface area contributed by atoms with E-state index in [9.17, 15) is 14.4 Å². The lowest BCUT2D eigenvalue weighted by Crippen LogP contribution is -2.36. The van der Waals surface area contributed by atoms with Crippen LogP contribution in [0.5, 0.6) is 11.5 Å². The van der Waals surface area contributed by atoms with E-state index >= 15 is 0 Å². The van der Waals surface area contributed by atoms with E-state index in [-0.39, 0.29) is 18.6 Å². The number of carbonyl (C=O) groups is 3. The molecule has 2 rings (SSSR count). The molecule has 0 heterocycles. The van der Waals surface area contributed by atoms with Gasteiger partial charge >= 0.3 is 5.97 Å². The minimum absolute atomic E-state index is 0.210. The van der Waals surface area contributed by atoms with Crippen LogP contribution in [-0.4, -0.2) is 43.6 Å². The van der Waals surface area contributed by atoms with Crippen molar-refractivity contribution in [1.82, 2.24) is 5.32 Å². The molecule has 1 saturated carbocycles. The molecule has 0 saturated heterocycles. The summed E-state index contributed by atoms with van der Waals surface area (Å²) in [5.41, 5.74) is 5.69. The Hall–Kier alpha value is -3.03. The van der Waals surface area contributed by atoms with E-state index in [2.05, 4.69) is 5.32 Å². The van der Waals surface area contributed by atoms with Gasteiger partial charge in [0.15, 0.2) is 24.2 Å². The number of benzene rings is 1. The molecule has 2 amide bonds. The first kappa shape index (κ1) is 19.3. The first-order valence-corrected chi connectivity index (χ1v) is 8.17. The summed E-state index contributed by atoms with van der Waals surface area (Å²) in [4.78, 5) is 34.4. The molecule has 140 valence electrons. The van der Waals surface area contributed by atoms with E-state index in [0.717, 1.165) is 12.8 Å². The molecule has 1 aromatic carbocycles. The molecule has 8 heteroatoms. The molecule has 0 radical (unpaired) electrons. The zero-order chi connectivity index (χ0) is 19.1. The number of nitrogens with two attached hydrogens (primary N) is 1. The van der Waals surface area contributed by atoms with Gasteiger partial charge in [-0.3, -0.25) is 9.59 Å². The van der Waals surface area contributed by atoms with Crippen LogP contribution in [0.3, 0.4) is 0 Å². The van der Waals surface area contributed by atoms with Crippen molar-refractivity contribution in [3.8, 4) is 11.5 Å². The van der Waals surface area contributed by atoms with Gasteiger partial charge in [0.25, 0.3) is 11.8 Å². The second-order valence-corrected chi connectivity index (χ2v) is 5.86. The first-order valence-electron chi connectivity index (χ1n) is 8.17. The van der Waals surface area contributed by atoms with E-state index < -0.39 is 18.0 Å². The average molecular weight is 362 g/mol. The second kappa shape index (κ2) is 8.89. The van der Waals surface area contributed by atoms with Crippen LogP contribution in [0.4, 0.5) is 0 Å². The fraction of sp³-hybridized carbons (Fsp3) is 0.389. The Kier molecular flexibility index (Phi) is 6.60. The standard InChI is InChI=1S/C18H22N2O6/c1-11(18(23)20-13-5-6-13)26-17(22)8-4-12-3-7-14(15(9-12)24-2)25-10-16(19)21/h3-4,7-9,11,13H,5-6,10H2,1-2H3,(H2,19,21)(H,20,23)/b8-4+. The topological polar surface area (TPSA) is 117 Å². The number of carbonyl (C=O) groups excluding carboxylic acids is 3. The molecule has 3 N–H and O–H groups in total. The molecule has 0 bridgehead atoms. The van der Waals surface area contributed by atoms with Gasteiger partial charge in [-0.1, -0.05) is 6.07 Å². The fourth-order valence-corrected chi connectivity index (χ4v) is 2.03. The van der Waals surface area contributed by atoms with E-state index in [4.69, 9.17) is 19.9 Å². The maximum atomic E-state index is 11.8. The number of hydrogen-bond donors (Lipinski definition) is 2. The summed E-state index contributed by atoms with van der Waals surface area (Å²) in [5, 5.41) is 2.77.